The molecule has 0 saturated carbocycles. The topological polar surface area (TPSA) is 70.6 Å². The molecular formula is C12H18N2O3. The number of rotatable bonds is 5. The van der Waals surface area contributed by atoms with Crippen LogP contribution in [-0.2, 0) is 11.3 Å². The van der Waals surface area contributed by atoms with Crippen LogP contribution in [0.3, 0.4) is 0 Å². The molecule has 0 unspecified atom stereocenters. The molecule has 17 heavy (non-hydrogen) atoms. The molecule has 3 N–H and O–H groups in total. The first-order valence-corrected chi connectivity index (χ1v) is 5.32. The molecule has 0 aliphatic heterocycles. The molecule has 0 spiro atoms. The number of hydroxylamine groups is 1. The Balaban J connectivity index is 2.57. The van der Waals surface area contributed by atoms with Gasteiger partial charge in [0.2, 0.25) is 0 Å². The van der Waals surface area contributed by atoms with Crippen LogP contribution < -0.4 is 15.5 Å². The SMILES string of the molecule is COc1ccc(CNC(C)(C)C(=O)NO)cc1. The second kappa shape index (κ2) is 5.65. The minimum absolute atomic E-state index is 0.467. The highest BCUT2D eigenvalue weighted by molar-refractivity contribution is 5.84. The second-order valence-electron chi connectivity index (χ2n) is 4.27. The van der Waals surface area contributed by atoms with Gasteiger partial charge in [-0.05, 0) is 31.5 Å². The molecule has 0 saturated heterocycles. The third-order valence-electron chi connectivity index (χ3n) is 2.56. The zero-order chi connectivity index (χ0) is 12.9. The van der Waals surface area contributed by atoms with E-state index < -0.39 is 11.4 Å². The summed E-state index contributed by atoms with van der Waals surface area (Å²) < 4.78 is 5.05. The zero-order valence-corrected chi connectivity index (χ0v) is 10.3. The van der Waals surface area contributed by atoms with Gasteiger partial charge in [-0.25, -0.2) is 5.48 Å². The van der Waals surface area contributed by atoms with Crippen molar-refractivity contribution in [1.82, 2.24) is 10.8 Å². The largest absolute Gasteiger partial charge is 0.497 e. The summed E-state index contributed by atoms with van der Waals surface area (Å²) in [4.78, 5) is 11.3. The lowest BCUT2D eigenvalue weighted by atomic mass is 10.0. The van der Waals surface area contributed by atoms with Crippen molar-refractivity contribution in [2.45, 2.75) is 25.9 Å². The van der Waals surface area contributed by atoms with Gasteiger partial charge >= 0.3 is 0 Å². The summed E-state index contributed by atoms with van der Waals surface area (Å²) in [6, 6.07) is 7.55. The molecule has 0 heterocycles. The molecule has 0 aromatic heterocycles. The lowest BCUT2D eigenvalue weighted by Gasteiger charge is -2.23. The molecule has 94 valence electrons. The Bertz CT molecular complexity index is 374. The monoisotopic (exact) mass is 238 g/mol. The molecule has 0 aliphatic carbocycles. The summed E-state index contributed by atoms with van der Waals surface area (Å²) in [5.74, 6) is 0.326. The highest BCUT2D eigenvalue weighted by Crippen LogP contribution is 2.12. The number of methoxy groups -OCH3 is 1. The predicted molar refractivity (Wildman–Crippen MR) is 63.8 cm³/mol. The van der Waals surface area contributed by atoms with Crippen LogP contribution in [0.15, 0.2) is 24.3 Å². The Morgan fingerprint density at radius 2 is 1.94 bits per heavy atom. The van der Waals surface area contributed by atoms with Gasteiger partial charge in [0.1, 0.15) is 5.75 Å². The number of benzene rings is 1. The lowest BCUT2D eigenvalue weighted by molar-refractivity contribution is -0.135. The maximum atomic E-state index is 11.3. The van der Waals surface area contributed by atoms with Crippen LogP contribution in [0.2, 0.25) is 0 Å². The Morgan fingerprint density at radius 1 is 1.35 bits per heavy atom. The van der Waals surface area contributed by atoms with Gasteiger partial charge in [-0.2, -0.15) is 0 Å². The quantitative estimate of drug-likeness (QED) is 0.530. The molecule has 0 aliphatic rings. The molecule has 0 radical (unpaired) electrons. The maximum Gasteiger partial charge on any atom is 0.263 e. The summed E-state index contributed by atoms with van der Waals surface area (Å²) in [5.41, 5.74) is 1.85. The van der Waals surface area contributed by atoms with Crippen LogP contribution >= 0.6 is 0 Å². The minimum Gasteiger partial charge on any atom is -0.497 e. The molecule has 1 amide bonds. The van der Waals surface area contributed by atoms with E-state index in [-0.39, 0.29) is 0 Å². The van der Waals surface area contributed by atoms with E-state index in [0.717, 1.165) is 11.3 Å². The van der Waals surface area contributed by atoms with Crippen LogP contribution in [0.25, 0.3) is 0 Å². The summed E-state index contributed by atoms with van der Waals surface area (Å²) >= 11 is 0. The van der Waals surface area contributed by atoms with Crippen molar-refractivity contribution < 1.29 is 14.7 Å². The maximum absolute atomic E-state index is 11.3. The first-order chi connectivity index (χ1) is 7.99. The van der Waals surface area contributed by atoms with E-state index in [1.54, 1.807) is 26.4 Å². The summed E-state index contributed by atoms with van der Waals surface area (Å²) in [6.07, 6.45) is 0. The molecule has 0 atom stereocenters. The third-order valence-corrected chi connectivity index (χ3v) is 2.56. The van der Waals surface area contributed by atoms with Crippen LogP contribution in [0.5, 0.6) is 5.75 Å². The summed E-state index contributed by atoms with van der Waals surface area (Å²) in [5, 5.41) is 11.6. The van der Waals surface area contributed by atoms with E-state index in [2.05, 4.69) is 5.32 Å². The molecular weight excluding hydrogens is 220 g/mol. The van der Waals surface area contributed by atoms with E-state index in [4.69, 9.17) is 9.94 Å². The van der Waals surface area contributed by atoms with Gasteiger partial charge < -0.3 is 4.74 Å². The Hall–Kier alpha value is -1.59. The lowest BCUT2D eigenvalue weighted by Crippen LogP contribution is -2.51. The van der Waals surface area contributed by atoms with Crippen molar-refractivity contribution in [3.05, 3.63) is 29.8 Å². The van der Waals surface area contributed by atoms with Gasteiger partial charge in [0.05, 0.1) is 12.6 Å². The minimum atomic E-state index is -0.825. The van der Waals surface area contributed by atoms with E-state index in [1.807, 2.05) is 24.3 Å². The number of carbonyl (C=O) groups is 1. The number of nitrogens with one attached hydrogen (secondary N) is 2. The molecule has 5 nitrogen and oxygen atoms in total. The van der Waals surface area contributed by atoms with E-state index in [0.29, 0.717) is 6.54 Å². The molecule has 0 fully saturated rings. The standard InChI is InChI=1S/C12H18N2O3/c1-12(2,11(15)14-16)13-8-9-4-6-10(17-3)7-5-9/h4-7,13,16H,8H2,1-3H3,(H,14,15). The van der Waals surface area contributed by atoms with Gasteiger partial charge in [-0.15, -0.1) is 0 Å². The molecule has 1 aromatic carbocycles. The van der Waals surface area contributed by atoms with Crippen molar-refractivity contribution in [2.24, 2.45) is 0 Å². The number of carbonyl (C=O) groups excluding carboxylic acids is 1. The molecule has 1 aromatic rings. The Kier molecular flexibility index (Phi) is 4.48. The fraction of sp³-hybridized carbons (Fsp3) is 0.417. The van der Waals surface area contributed by atoms with Crippen molar-refractivity contribution >= 4 is 5.91 Å². The first kappa shape index (κ1) is 13.5. The van der Waals surface area contributed by atoms with Crippen molar-refractivity contribution in [1.29, 1.82) is 0 Å². The normalized spacial score (nSPS) is 11.1. The highest BCUT2D eigenvalue weighted by Gasteiger charge is 2.26. The second-order valence-corrected chi connectivity index (χ2v) is 4.27. The fourth-order valence-electron chi connectivity index (χ4n) is 1.29. The van der Waals surface area contributed by atoms with Crippen LogP contribution in [0.4, 0.5) is 0 Å². The highest BCUT2D eigenvalue weighted by atomic mass is 16.5. The van der Waals surface area contributed by atoms with Crippen molar-refractivity contribution in [3.63, 3.8) is 0 Å². The van der Waals surface area contributed by atoms with E-state index in [1.165, 1.54) is 0 Å². The van der Waals surface area contributed by atoms with Gasteiger partial charge in [0.25, 0.3) is 5.91 Å². The van der Waals surface area contributed by atoms with Crippen LogP contribution in [0, 0.1) is 0 Å². The van der Waals surface area contributed by atoms with Gasteiger partial charge in [0, 0.05) is 6.54 Å². The average molecular weight is 238 g/mol. The average Bonchev–Trinajstić information content (AvgIpc) is 2.36. The third kappa shape index (κ3) is 3.72. The first-order valence-electron chi connectivity index (χ1n) is 5.32. The van der Waals surface area contributed by atoms with Crippen molar-refractivity contribution in [2.75, 3.05) is 7.11 Å². The molecule has 5 heteroatoms. The van der Waals surface area contributed by atoms with Crippen LogP contribution in [0.1, 0.15) is 19.4 Å². The Morgan fingerprint density at radius 3 is 2.41 bits per heavy atom. The summed E-state index contributed by atoms with van der Waals surface area (Å²) in [7, 11) is 1.61. The van der Waals surface area contributed by atoms with Gasteiger partial charge in [-0.3, -0.25) is 15.3 Å². The number of hydrogen-bond acceptors (Lipinski definition) is 4. The van der Waals surface area contributed by atoms with Gasteiger partial charge in [0.15, 0.2) is 0 Å². The number of ether oxygens (including phenoxy) is 1. The summed E-state index contributed by atoms with van der Waals surface area (Å²) in [6.45, 7) is 3.93. The van der Waals surface area contributed by atoms with E-state index >= 15 is 0 Å². The number of hydrogen-bond donors (Lipinski definition) is 3. The van der Waals surface area contributed by atoms with E-state index in [9.17, 15) is 4.79 Å². The predicted octanol–water partition coefficient (Wildman–Crippen LogP) is 1.07. The smallest absolute Gasteiger partial charge is 0.263 e. The Labute approximate surface area is 101 Å². The zero-order valence-electron chi connectivity index (χ0n) is 10.3. The number of amides is 1. The van der Waals surface area contributed by atoms with Crippen molar-refractivity contribution in [3.8, 4) is 5.75 Å². The van der Waals surface area contributed by atoms with Crippen LogP contribution in [-0.4, -0.2) is 23.8 Å². The van der Waals surface area contributed by atoms with Gasteiger partial charge in [-0.1, -0.05) is 12.1 Å². The molecule has 0 bridgehead atoms. The fourth-order valence-corrected chi connectivity index (χ4v) is 1.29. The molecule has 1 rings (SSSR count).